The van der Waals surface area contributed by atoms with Crippen molar-refractivity contribution in [2.45, 2.75) is 0 Å². The molecule has 1 aromatic heterocycles. The molecule has 0 spiro atoms. The van der Waals surface area contributed by atoms with Crippen molar-refractivity contribution < 1.29 is 9.18 Å². The molecule has 0 aliphatic heterocycles. The standard InChI is InChI=1S/C11H9ClFN3O/c12-7-11(17)15-10-4-5-14-16(10)9-3-1-2-8(13)6-9/h1-6H,7H2,(H,15,17). The minimum Gasteiger partial charge on any atom is -0.310 e. The number of aromatic nitrogens is 2. The fourth-order valence-electron chi connectivity index (χ4n) is 1.39. The highest BCUT2D eigenvalue weighted by Crippen LogP contribution is 2.15. The topological polar surface area (TPSA) is 46.9 Å². The van der Waals surface area contributed by atoms with E-state index < -0.39 is 0 Å². The molecule has 0 radical (unpaired) electrons. The molecular formula is C11H9ClFN3O. The van der Waals surface area contributed by atoms with E-state index in [2.05, 4.69) is 10.4 Å². The van der Waals surface area contributed by atoms with E-state index in [4.69, 9.17) is 11.6 Å². The summed E-state index contributed by atoms with van der Waals surface area (Å²) in [4.78, 5) is 11.2. The van der Waals surface area contributed by atoms with Gasteiger partial charge >= 0.3 is 0 Å². The van der Waals surface area contributed by atoms with E-state index in [-0.39, 0.29) is 17.6 Å². The van der Waals surface area contributed by atoms with Crippen LogP contribution in [-0.4, -0.2) is 21.6 Å². The SMILES string of the molecule is O=C(CCl)Nc1ccnn1-c1cccc(F)c1. The molecule has 0 aliphatic rings. The maximum atomic E-state index is 13.1. The zero-order chi connectivity index (χ0) is 12.3. The van der Waals surface area contributed by atoms with Crippen LogP contribution in [0.4, 0.5) is 10.2 Å². The van der Waals surface area contributed by atoms with Crippen molar-refractivity contribution >= 4 is 23.3 Å². The van der Waals surface area contributed by atoms with Gasteiger partial charge in [-0.05, 0) is 18.2 Å². The molecule has 4 nitrogen and oxygen atoms in total. The highest BCUT2D eigenvalue weighted by Gasteiger charge is 2.08. The van der Waals surface area contributed by atoms with Gasteiger partial charge in [-0.1, -0.05) is 6.07 Å². The van der Waals surface area contributed by atoms with E-state index in [1.807, 2.05) is 0 Å². The summed E-state index contributed by atoms with van der Waals surface area (Å²) in [5.74, 6) is -0.410. The van der Waals surface area contributed by atoms with Crippen molar-refractivity contribution in [3.05, 3.63) is 42.3 Å². The van der Waals surface area contributed by atoms with Crippen LogP contribution in [0.15, 0.2) is 36.5 Å². The summed E-state index contributed by atoms with van der Waals surface area (Å²) in [5, 5.41) is 6.57. The van der Waals surface area contributed by atoms with Gasteiger partial charge in [-0.2, -0.15) is 5.10 Å². The Morgan fingerprint density at radius 2 is 2.29 bits per heavy atom. The first-order valence-electron chi connectivity index (χ1n) is 4.86. The van der Waals surface area contributed by atoms with Crippen molar-refractivity contribution in [3.63, 3.8) is 0 Å². The molecule has 1 amide bonds. The van der Waals surface area contributed by atoms with Crippen LogP contribution in [0.1, 0.15) is 0 Å². The van der Waals surface area contributed by atoms with Gasteiger partial charge in [0.25, 0.3) is 0 Å². The summed E-state index contributed by atoms with van der Waals surface area (Å²) in [6.45, 7) is 0. The van der Waals surface area contributed by atoms with Crippen molar-refractivity contribution in [2.75, 3.05) is 11.2 Å². The number of alkyl halides is 1. The van der Waals surface area contributed by atoms with Gasteiger partial charge in [0.05, 0.1) is 11.9 Å². The fourth-order valence-corrected chi connectivity index (χ4v) is 1.45. The predicted molar refractivity (Wildman–Crippen MR) is 62.9 cm³/mol. The maximum Gasteiger partial charge on any atom is 0.240 e. The predicted octanol–water partition coefficient (Wildman–Crippen LogP) is 2.19. The van der Waals surface area contributed by atoms with E-state index in [9.17, 15) is 9.18 Å². The number of amides is 1. The Hall–Kier alpha value is -1.88. The van der Waals surface area contributed by atoms with Gasteiger partial charge in [0.1, 0.15) is 17.5 Å². The highest BCUT2D eigenvalue weighted by atomic mass is 35.5. The molecule has 2 rings (SSSR count). The molecule has 6 heteroatoms. The second-order valence-electron chi connectivity index (χ2n) is 3.29. The Morgan fingerprint density at radius 1 is 1.47 bits per heavy atom. The second kappa shape index (κ2) is 4.97. The van der Waals surface area contributed by atoms with Gasteiger partial charge in [0.2, 0.25) is 5.91 Å². The molecule has 0 unspecified atom stereocenters. The molecule has 0 bridgehead atoms. The van der Waals surface area contributed by atoms with Gasteiger partial charge in [-0.3, -0.25) is 4.79 Å². The number of carbonyl (C=O) groups is 1. The molecule has 1 heterocycles. The first-order valence-corrected chi connectivity index (χ1v) is 5.40. The molecule has 0 fully saturated rings. The summed E-state index contributed by atoms with van der Waals surface area (Å²) in [6.07, 6.45) is 1.51. The number of halogens is 2. The van der Waals surface area contributed by atoms with E-state index in [1.165, 1.54) is 23.0 Å². The Morgan fingerprint density at radius 3 is 3.00 bits per heavy atom. The van der Waals surface area contributed by atoms with Crippen LogP contribution in [0.2, 0.25) is 0 Å². The third kappa shape index (κ3) is 2.62. The normalized spacial score (nSPS) is 10.2. The number of hydrogen-bond donors (Lipinski definition) is 1. The number of nitrogens with zero attached hydrogens (tertiary/aromatic N) is 2. The van der Waals surface area contributed by atoms with Crippen molar-refractivity contribution in [2.24, 2.45) is 0 Å². The number of rotatable bonds is 3. The summed E-state index contributed by atoms with van der Waals surface area (Å²) >= 11 is 5.39. The molecular weight excluding hydrogens is 245 g/mol. The van der Waals surface area contributed by atoms with E-state index in [1.54, 1.807) is 18.2 Å². The van der Waals surface area contributed by atoms with Gasteiger partial charge in [0.15, 0.2) is 0 Å². The van der Waals surface area contributed by atoms with Crippen LogP contribution in [0.3, 0.4) is 0 Å². The lowest BCUT2D eigenvalue weighted by Gasteiger charge is -2.07. The minimum atomic E-state index is -0.368. The van der Waals surface area contributed by atoms with Crippen LogP contribution in [0.5, 0.6) is 0 Å². The summed E-state index contributed by atoms with van der Waals surface area (Å²) in [6, 6.07) is 7.52. The molecule has 0 saturated carbocycles. The van der Waals surface area contributed by atoms with Crippen LogP contribution in [-0.2, 0) is 4.79 Å². The van der Waals surface area contributed by atoms with E-state index in [0.717, 1.165) is 0 Å². The monoisotopic (exact) mass is 253 g/mol. The van der Waals surface area contributed by atoms with Crippen LogP contribution in [0, 0.1) is 5.82 Å². The van der Waals surface area contributed by atoms with Crippen molar-refractivity contribution in [1.29, 1.82) is 0 Å². The fraction of sp³-hybridized carbons (Fsp3) is 0.0909. The minimum absolute atomic E-state index is 0.145. The molecule has 0 saturated heterocycles. The number of benzene rings is 1. The lowest BCUT2D eigenvalue weighted by molar-refractivity contribution is -0.113. The molecule has 2 aromatic rings. The third-order valence-corrected chi connectivity index (χ3v) is 2.33. The molecule has 88 valence electrons. The van der Waals surface area contributed by atoms with Crippen LogP contribution < -0.4 is 5.32 Å². The Bertz CT molecular complexity index is 541. The average molecular weight is 254 g/mol. The van der Waals surface area contributed by atoms with Gasteiger partial charge in [-0.25, -0.2) is 9.07 Å². The second-order valence-corrected chi connectivity index (χ2v) is 3.56. The summed E-state index contributed by atoms with van der Waals surface area (Å²) in [5.41, 5.74) is 0.528. The van der Waals surface area contributed by atoms with E-state index in [0.29, 0.717) is 11.5 Å². The Balaban J connectivity index is 2.33. The third-order valence-electron chi connectivity index (χ3n) is 2.08. The number of hydrogen-bond acceptors (Lipinski definition) is 2. The molecule has 1 N–H and O–H groups in total. The molecule has 1 aromatic carbocycles. The number of carbonyl (C=O) groups excluding carboxylic acids is 1. The Labute approximate surface area is 102 Å². The lowest BCUT2D eigenvalue weighted by Crippen LogP contribution is -2.15. The molecule has 17 heavy (non-hydrogen) atoms. The highest BCUT2D eigenvalue weighted by molar-refractivity contribution is 6.29. The van der Waals surface area contributed by atoms with Gasteiger partial charge < -0.3 is 5.32 Å². The molecule has 0 aliphatic carbocycles. The van der Waals surface area contributed by atoms with E-state index >= 15 is 0 Å². The zero-order valence-electron chi connectivity index (χ0n) is 8.73. The summed E-state index contributed by atoms with van der Waals surface area (Å²) in [7, 11) is 0. The first kappa shape index (κ1) is 11.6. The van der Waals surface area contributed by atoms with Gasteiger partial charge in [0, 0.05) is 6.07 Å². The smallest absolute Gasteiger partial charge is 0.240 e. The average Bonchev–Trinajstić information content (AvgIpc) is 2.77. The van der Waals surface area contributed by atoms with Crippen molar-refractivity contribution in [1.82, 2.24) is 9.78 Å². The lowest BCUT2D eigenvalue weighted by atomic mass is 10.3. The number of nitrogens with one attached hydrogen (secondary N) is 1. The van der Waals surface area contributed by atoms with Gasteiger partial charge in [-0.15, -0.1) is 11.6 Å². The van der Waals surface area contributed by atoms with Crippen LogP contribution in [0.25, 0.3) is 5.69 Å². The Kier molecular flexibility index (Phi) is 3.39. The quantitative estimate of drug-likeness (QED) is 0.853. The summed E-state index contributed by atoms with van der Waals surface area (Å²) < 4.78 is 14.5. The first-order chi connectivity index (χ1) is 8.20. The maximum absolute atomic E-state index is 13.1. The van der Waals surface area contributed by atoms with Crippen LogP contribution >= 0.6 is 11.6 Å². The number of anilines is 1. The molecule has 0 atom stereocenters. The zero-order valence-corrected chi connectivity index (χ0v) is 9.49. The largest absolute Gasteiger partial charge is 0.310 e. The van der Waals surface area contributed by atoms with Crippen molar-refractivity contribution in [3.8, 4) is 5.69 Å².